The van der Waals surface area contributed by atoms with Gasteiger partial charge in [-0.1, -0.05) is 11.8 Å². The Balaban J connectivity index is 1.68. The highest BCUT2D eigenvalue weighted by Crippen LogP contribution is 2.16. The number of carboxylic acids is 1. The van der Waals surface area contributed by atoms with Gasteiger partial charge in [0.25, 0.3) is 0 Å². The molecule has 1 heterocycles. The second-order valence-electron chi connectivity index (χ2n) is 4.10. The molecule has 7 heteroatoms. The monoisotopic (exact) mass is 293 g/mol. The number of hydrogen-bond acceptors (Lipinski definition) is 5. The van der Waals surface area contributed by atoms with Gasteiger partial charge in [-0.3, -0.25) is 0 Å². The quantitative estimate of drug-likeness (QED) is 0.622. The normalized spacial score (nSPS) is 10.4. The summed E-state index contributed by atoms with van der Waals surface area (Å²) < 4.78 is 7.41. The molecule has 1 aromatic heterocycles. The number of aromatic carboxylic acids is 1. The fourth-order valence-electron chi connectivity index (χ4n) is 1.51. The number of thioether (sulfide) groups is 1. The summed E-state index contributed by atoms with van der Waals surface area (Å²) in [4.78, 5) is 10.7. The van der Waals surface area contributed by atoms with Gasteiger partial charge in [-0.25, -0.2) is 4.79 Å². The zero-order valence-electron chi connectivity index (χ0n) is 11.0. The molecule has 2 rings (SSSR count). The van der Waals surface area contributed by atoms with E-state index in [-0.39, 0.29) is 5.56 Å². The fraction of sp³-hybridized carbons (Fsp3) is 0.308. The van der Waals surface area contributed by atoms with Crippen molar-refractivity contribution < 1.29 is 14.6 Å². The van der Waals surface area contributed by atoms with Gasteiger partial charge in [-0.05, 0) is 30.7 Å². The predicted octanol–water partition coefficient (Wildman–Crippen LogP) is 2.07. The Kier molecular flexibility index (Phi) is 5.00. The number of aromatic nitrogens is 3. The molecule has 1 aromatic carbocycles. The standard InChI is InChI=1S/C13H15N3O3S/c1-16-9-14-15-13(16)20-8-2-7-19-11-5-3-10(4-6-11)12(17)18/h3-6,9H,2,7-8H2,1H3,(H,17,18). The Bertz CT molecular complexity index is 568. The molecule has 106 valence electrons. The molecular weight excluding hydrogens is 278 g/mol. The van der Waals surface area contributed by atoms with E-state index in [1.54, 1.807) is 30.2 Å². The van der Waals surface area contributed by atoms with Crippen LogP contribution in [0.25, 0.3) is 0 Å². The summed E-state index contributed by atoms with van der Waals surface area (Å²) in [6.07, 6.45) is 2.54. The maximum Gasteiger partial charge on any atom is 0.335 e. The van der Waals surface area contributed by atoms with Crippen LogP contribution in [0.15, 0.2) is 35.7 Å². The Morgan fingerprint density at radius 2 is 2.15 bits per heavy atom. The van der Waals surface area contributed by atoms with Crippen LogP contribution in [-0.2, 0) is 7.05 Å². The Labute approximate surface area is 120 Å². The molecule has 0 radical (unpaired) electrons. The Morgan fingerprint density at radius 1 is 1.40 bits per heavy atom. The van der Waals surface area contributed by atoms with Gasteiger partial charge in [0.05, 0.1) is 12.2 Å². The predicted molar refractivity (Wildman–Crippen MR) is 75.2 cm³/mol. The number of carboxylic acid groups (broad SMARTS) is 1. The minimum atomic E-state index is -0.934. The first-order chi connectivity index (χ1) is 9.66. The molecule has 0 amide bonds. The number of nitrogens with zero attached hydrogens (tertiary/aromatic N) is 3. The Hall–Kier alpha value is -2.02. The van der Waals surface area contributed by atoms with Crippen LogP contribution in [0.2, 0.25) is 0 Å². The van der Waals surface area contributed by atoms with Gasteiger partial charge >= 0.3 is 5.97 Å². The van der Waals surface area contributed by atoms with E-state index in [0.717, 1.165) is 17.3 Å². The van der Waals surface area contributed by atoms with Crippen LogP contribution < -0.4 is 4.74 Å². The van der Waals surface area contributed by atoms with Crippen molar-refractivity contribution in [3.05, 3.63) is 36.2 Å². The van der Waals surface area contributed by atoms with Crippen molar-refractivity contribution in [2.75, 3.05) is 12.4 Å². The molecule has 0 fully saturated rings. The van der Waals surface area contributed by atoms with Crippen LogP contribution in [0, 0.1) is 0 Å². The molecule has 0 aliphatic carbocycles. The third-order valence-electron chi connectivity index (χ3n) is 2.56. The molecule has 0 aliphatic rings. The average molecular weight is 293 g/mol. The van der Waals surface area contributed by atoms with Crippen LogP contribution in [0.3, 0.4) is 0 Å². The van der Waals surface area contributed by atoms with E-state index in [2.05, 4.69) is 10.2 Å². The molecule has 0 saturated heterocycles. The van der Waals surface area contributed by atoms with Gasteiger partial charge in [0.15, 0.2) is 5.16 Å². The number of carbonyl (C=O) groups is 1. The maximum absolute atomic E-state index is 10.7. The highest BCUT2D eigenvalue weighted by molar-refractivity contribution is 7.99. The highest BCUT2D eigenvalue weighted by Gasteiger charge is 2.03. The van der Waals surface area contributed by atoms with Crippen molar-refractivity contribution in [2.24, 2.45) is 7.05 Å². The van der Waals surface area contributed by atoms with Crippen molar-refractivity contribution in [2.45, 2.75) is 11.6 Å². The van der Waals surface area contributed by atoms with Gasteiger partial charge in [0.2, 0.25) is 0 Å². The third kappa shape index (κ3) is 3.99. The molecule has 0 bridgehead atoms. The van der Waals surface area contributed by atoms with E-state index in [1.807, 2.05) is 11.6 Å². The molecule has 0 atom stereocenters. The van der Waals surface area contributed by atoms with Crippen LogP contribution in [0.1, 0.15) is 16.8 Å². The number of benzene rings is 1. The minimum absolute atomic E-state index is 0.259. The number of hydrogen-bond donors (Lipinski definition) is 1. The summed E-state index contributed by atoms with van der Waals surface area (Å²) in [5, 5.41) is 17.4. The summed E-state index contributed by atoms with van der Waals surface area (Å²) >= 11 is 1.63. The molecule has 0 saturated carbocycles. The van der Waals surface area contributed by atoms with E-state index in [4.69, 9.17) is 9.84 Å². The lowest BCUT2D eigenvalue weighted by molar-refractivity contribution is 0.0697. The molecular formula is C13H15N3O3S. The number of rotatable bonds is 7. The summed E-state index contributed by atoms with van der Waals surface area (Å²) in [5.41, 5.74) is 0.259. The van der Waals surface area contributed by atoms with E-state index in [9.17, 15) is 4.79 Å². The van der Waals surface area contributed by atoms with Crippen molar-refractivity contribution in [1.29, 1.82) is 0 Å². The highest BCUT2D eigenvalue weighted by atomic mass is 32.2. The lowest BCUT2D eigenvalue weighted by Gasteiger charge is -2.06. The lowest BCUT2D eigenvalue weighted by Crippen LogP contribution is -2.00. The van der Waals surface area contributed by atoms with Crippen LogP contribution in [0.5, 0.6) is 5.75 Å². The third-order valence-corrected chi connectivity index (χ3v) is 3.68. The average Bonchev–Trinajstić information content (AvgIpc) is 2.84. The van der Waals surface area contributed by atoms with Crippen molar-refractivity contribution >= 4 is 17.7 Å². The summed E-state index contributed by atoms with van der Waals surface area (Å²) in [6.45, 7) is 0.581. The molecule has 6 nitrogen and oxygen atoms in total. The number of ether oxygens (including phenoxy) is 1. The summed E-state index contributed by atoms with van der Waals surface area (Å²) in [5.74, 6) is 0.634. The first-order valence-corrected chi connectivity index (χ1v) is 7.08. The lowest BCUT2D eigenvalue weighted by atomic mass is 10.2. The van der Waals surface area contributed by atoms with E-state index in [0.29, 0.717) is 12.4 Å². The van der Waals surface area contributed by atoms with Crippen molar-refractivity contribution in [1.82, 2.24) is 14.8 Å². The Morgan fingerprint density at radius 3 is 2.75 bits per heavy atom. The van der Waals surface area contributed by atoms with Crippen molar-refractivity contribution in [3.8, 4) is 5.75 Å². The van der Waals surface area contributed by atoms with Gasteiger partial charge in [0.1, 0.15) is 12.1 Å². The smallest absolute Gasteiger partial charge is 0.335 e. The molecule has 2 aromatic rings. The summed E-state index contributed by atoms with van der Waals surface area (Å²) in [7, 11) is 1.91. The van der Waals surface area contributed by atoms with Gasteiger partial charge < -0.3 is 14.4 Å². The topological polar surface area (TPSA) is 77.2 Å². The second-order valence-corrected chi connectivity index (χ2v) is 5.17. The van der Waals surface area contributed by atoms with Gasteiger partial charge in [-0.2, -0.15) is 0 Å². The van der Waals surface area contributed by atoms with Gasteiger partial charge in [0, 0.05) is 12.8 Å². The molecule has 0 aliphatic heterocycles. The molecule has 20 heavy (non-hydrogen) atoms. The van der Waals surface area contributed by atoms with E-state index < -0.39 is 5.97 Å². The maximum atomic E-state index is 10.7. The first-order valence-electron chi connectivity index (χ1n) is 6.10. The molecule has 0 spiro atoms. The zero-order valence-corrected chi connectivity index (χ0v) is 11.8. The SMILES string of the molecule is Cn1cnnc1SCCCOc1ccc(C(=O)O)cc1. The van der Waals surface area contributed by atoms with Crippen LogP contribution in [-0.4, -0.2) is 38.2 Å². The van der Waals surface area contributed by atoms with E-state index in [1.165, 1.54) is 12.1 Å². The number of aryl methyl sites for hydroxylation is 1. The summed E-state index contributed by atoms with van der Waals surface area (Å²) in [6, 6.07) is 6.40. The second kappa shape index (κ2) is 6.95. The fourth-order valence-corrected chi connectivity index (χ4v) is 2.31. The largest absolute Gasteiger partial charge is 0.494 e. The van der Waals surface area contributed by atoms with Crippen LogP contribution in [0.4, 0.5) is 0 Å². The zero-order chi connectivity index (χ0) is 14.4. The molecule has 0 unspecified atom stereocenters. The minimum Gasteiger partial charge on any atom is -0.494 e. The molecule has 1 N–H and O–H groups in total. The van der Waals surface area contributed by atoms with Gasteiger partial charge in [-0.15, -0.1) is 10.2 Å². The van der Waals surface area contributed by atoms with Crippen molar-refractivity contribution in [3.63, 3.8) is 0 Å². The van der Waals surface area contributed by atoms with E-state index >= 15 is 0 Å². The first kappa shape index (κ1) is 14.4. The van der Waals surface area contributed by atoms with Crippen LogP contribution >= 0.6 is 11.8 Å².